The third-order valence-corrected chi connectivity index (χ3v) is 5.11. The van der Waals surface area contributed by atoms with Crippen LogP contribution in [0, 0.1) is 11.7 Å². The SMILES string of the molecule is O=C(CCCc1ccc(F)cc1)N1CCC(Cc2ccc(=O)[nH]c2)CC1. The van der Waals surface area contributed by atoms with Crippen LogP contribution >= 0.6 is 0 Å². The second-order valence-corrected chi connectivity index (χ2v) is 7.07. The van der Waals surface area contributed by atoms with E-state index in [9.17, 15) is 14.0 Å². The molecule has 26 heavy (non-hydrogen) atoms. The van der Waals surface area contributed by atoms with Crippen LogP contribution in [0.25, 0.3) is 0 Å². The van der Waals surface area contributed by atoms with Crippen LogP contribution in [0.5, 0.6) is 0 Å². The van der Waals surface area contributed by atoms with Gasteiger partial charge in [-0.3, -0.25) is 9.59 Å². The Balaban J connectivity index is 1.38. The molecule has 3 rings (SSSR count). The third-order valence-electron chi connectivity index (χ3n) is 5.11. The molecule has 1 N–H and O–H groups in total. The fraction of sp³-hybridized carbons (Fsp3) is 0.429. The van der Waals surface area contributed by atoms with E-state index in [1.165, 1.54) is 12.1 Å². The minimum Gasteiger partial charge on any atom is -0.343 e. The molecule has 4 nitrogen and oxygen atoms in total. The van der Waals surface area contributed by atoms with Gasteiger partial charge in [0.05, 0.1) is 0 Å². The van der Waals surface area contributed by atoms with Gasteiger partial charge in [-0.15, -0.1) is 0 Å². The number of piperidine rings is 1. The van der Waals surface area contributed by atoms with Gasteiger partial charge in [-0.05, 0) is 61.3 Å². The summed E-state index contributed by atoms with van der Waals surface area (Å²) < 4.78 is 12.9. The molecule has 0 atom stereocenters. The predicted octanol–water partition coefficient (Wildman–Crippen LogP) is 3.32. The normalized spacial score (nSPS) is 15.2. The standard InChI is InChI=1S/C21H25FN2O2/c22-19-7-4-16(5-8-19)2-1-3-21(26)24-12-10-17(11-13-24)14-18-6-9-20(25)23-15-18/h4-9,15,17H,1-3,10-14H2,(H,23,25). The van der Waals surface area contributed by atoms with Gasteiger partial charge < -0.3 is 9.88 Å². The first kappa shape index (κ1) is 18.4. The van der Waals surface area contributed by atoms with E-state index < -0.39 is 0 Å². The number of rotatable bonds is 6. The lowest BCUT2D eigenvalue weighted by atomic mass is 9.90. The molecule has 5 heteroatoms. The van der Waals surface area contributed by atoms with Gasteiger partial charge in [0.15, 0.2) is 0 Å². The topological polar surface area (TPSA) is 53.2 Å². The van der Waals surface area contributed by atoms with E-state index in [4.69, 9.17) is 0 Å². The van der Waals surface area contributed by atoms with Crippen molar-refractivity contribution in [3.63, 3.8) is 0 Å². The van der Waals surface area contributed by atoms with Crippen LogP contribution < -0.4 is 5.56 Å². The molecule has 0 aliphatic carbocycles. The smallest absolute Gasteiger partial charge is 0.247 e. The van der Waals surface area contributed by atoms with Crippen LogP contribution in [-0.4, -0.2) is 28.9 Å². The second-order valence-electron chi connectivity index (χ2n) is 7.07. The number of aromatic nitrogens is 1. The molecule has 1 aliphatic heterocycles. The van der Waals surface area contributed by atoms with Crippen LogP contribution in [0.2, 0.25) is 0 Å². The van der Waals surface area contributed by atoms with Crippen LogP contribution in [0.3, 0.4) is 0 Å². The molecule has 0 radical (unpaired) electrons. The highest BCUT2D eigenvalue weighted by Gasteiger charge is 2.22. The number of aryl methyl sites for hydroxylation is 1. The lowest BCUT2D eigenvalue weighted by Gasteiger charge is -2.32. The van der Waals surface area contributed by atoms with E-state index in [-0.39, 0.29) is 17.3 Å². The maximum Gasteiger partial charge on any atom is 0.247 e. The number of pyridine rings is 1. The van der Waals surface area contributed by atoms with E-state index in [2.05, 4.69) is 4.98 Å². The number of hydrogen-bond donors (Lipinski definition) is 1. The Morgan fingerprint density at radius 3 is 2.42 bits per heavy atom. The van der Waals surface area contributed by atoms with Gasteiger partial charge in [0.25, 0.3) is 0 Å². The first-order valence-corrected chi connectivity index (χ1v) is 9.30. The zero-order valence-corrected chi connectivity index (χ0v) is 14.9. The fourth-order valence-corrected chi connectivity index (χ4v) is 3.54. The Kier molecular flexibility index (Phi) is 6.21. The minimum absolute atomic E-state index is 0.0743. The summed E-state index contributed by atoms with van der Waals surface area (Å²) in [7, 11) is 0. The Morgan fingerprint density at radius 1 is 1.08 bits per heavy atom. The summed E-state index contributed by atoms with van der Waals surface area (Å²) >= 11 is 0. The number of nitrogens with zero attached hydrogens (tertiary/aromatic N) is 1. The molecule has 0 spiro atoms. The molecule has 2 aromatic rings. The first-order valence-electron chi connectivity index (χ1n) is 9.30. The van der Waals surface area contributed by atoms with Crippen molar-refractivity contribution in [3.05, 3.63) is 69.9 Å². The van der Waals surface area contributed by atoms with Gasteiger partial charge in [-0.1, -0.05) is 18.2 Å². The molecule has 0 bridgehead atoms. The number of nitrogens with one attached hydrogen (secondary N) is 1. The maximum absolute atomic E-state index is 12.9. The summed E-state index contributed by atoms with van der Waals surface area (Å²) in [6, 6.07) is 9.93. The van der Waals surface area contributed by atoms with Crippen molar-refractivity contribution in [1.82, 2.24) is 9.88 Å². The number of carbonyl (C=O) groups is 1. The minimum atomic E-state index is -0.227. The molecule has 0 saturated carbocycles. The average molecular weight is 356 g/mol. The summed E-state index contributed by atoms with van der Waals surface area (Å²) in [6.45, 7) is 1.62. The van der Waals surface area contributed by atoms with Crippen molar-refractivity contribution in [2.24, 2.45) is 5.92 Å². The molecule has 0 unspecified atom stereocenters. The molecule has 1 amide bonds. The van der Waals surface area contributed by atoms with Crippen molar-refractivity contribution in [2.45, 2.75) is 38.5 Å². The fourth-order valence-electron chi connectivity index (χ4n) is 3.54. The molecule has 1 aromatic heterocycles. The summed E-state index contributed by atoms with van der Waals surface area (Å²) in [5, 5.41) is 0. The number of carbonyl (C=O) groups excluding carboxylic acids is 1. The molecular weight excluding hydrogens is 331 g/mol. The van der Waals surface area contributed by atoms with Gasteiger partial charge in [0.2, 0.25) is 11.5 Å². The lowest BCUT2D eigenvalue weighted by Crippen LogP contribution is -2.38. The highest BCUT2D eigenvalue weighted by Crippen LogP contribution is 2.22. The van der Waals surface area contributed by atoms with Crippen LogP contribution in [0.4, 0.5) is 4.39 Å². The molecule has 1 fully saturated rings. The third kappa shape index (κ3) is 5.28. The monoisotopic (exact) mass is 356 g/mol. The number of benzene rings is 1. The van der Waals surface area contributed by atoms with Crippen molar-refractivity contribution in [3.8, 4) is 0 Å². The number of aromatic amines is 1. The van der Waals surface area contributed by atoms with Gasteiger partial charge in [0, 0.05) is 31.8 Å². The molecule has 1 aliphatic rings. The molecule has 1 saturated heterocycles. The van der Waals surface area contributed by atoms with Gasteiger partial charge >= 0.3 is 0 Å². The number of halogens is 1. The Bertz CT molecular complexity index is 757. The van der Waals surface area contributed by atoms with Crippen molar-refractivity contribution in [2.75, 3.05) is 13.1 Å². The zero-order chi connectivity index (χ0) is 18.4. The van der Waals surface area contributed by atoms with E-state index in [1.54, 1.807) is 24.4 Å². The van der Waals surface area contributed by atoms with E-state index in [0.717, 1.165) is 56.3 Å². The Labute approximate surface area is 153 Å². The quantitative estimate of drug-likeness (QED) is 0.863. The van der Waals surface area contributed by atoms with Crippen molar-refractivity contribution < 1.29 is 9.18 Å². The molecule has 138 valence electrons. The summed E-state index contributed by atoms with van der Waals surface area (Å²) in [5.41, 5.74) is 2.14. The van der Waals surface area contributed by atoms with Gasteiger partial charge in [-0.25, -0.2) is 4.39 Å². The highest BCUT2D eigenvalue weighted by atomic mass is 19.1. The van der Waals surface area contributed by atoms with E-state index in [0.29, 0.717) is 12.3 Å². The predicted molar refractivity (Wildman–Crippen MR) is 99.4 cm³/mol. The Morgan fingerprint density at radius 2 is 1.77 bits per heavy atom. The molecule has 2 heterocycles. The Hall–Kier alpha value is -2.43. The van der Waals surface area contributed by atoms with Crippen LogP contribution in [0.1, 0.15) is 36.8 Å². The average Bonchev–Trinajstić information content (AvgIpc) is 2.66. The van der Waals surface area contributed by atoms with Crippen molar-refractivity contribution in [1.29, 1.82) is 0 Å². The zero-order valence-electron chi connectivity index (χ0n) is 14.9. The number of hydrogen-bond acceptors (Lipinski definition) is 2. The number of amides is 1. The van der Waals surface area contributed by atoms with Gasteiger partial charge in [0.1, 0.15) is 5.82 Å². The first-order chi connectivity index (χ1) is 12.6. The summed E-state index contributed by atoms with van der Waals surface area (Å²) in [6.07, 6.45) is 6.88. The largest absolute Gasteiger partial charge is 0.343 e. The molecular formula is C21H25FN2O2. The summed E-state index contributed by atoms with van der Waals surface area (Å²) in [4.78, 5) is 28.2. The van der Waals surface area contributed by atoms with Crippen LogP contribution in [-0.2, 0) is 17.6 Å². The number of H-pyrrole nitrogens is 1. The highest BCUT2D eigenvalue weighted by molar-refractivity contribution is 5.76. The molecule has 1 aromatic carbocycles. The summed E-state index contributed by atoms with van der Waals surface area (Å²) in [5.74, 6) is 0.549. The van der Waals surface area contributed by atoms with E-state index >= 15 is 0 Å². The number of likely N-dealkylation sites (tertiary alicyclic amines) is 1. The van der Waals surface area contributed by atoms with Crippen molar-refractivity contribution >= 4 is 5.91 Å². The lowest BCUT2D eigenvalue weighted by molar-refractivity contribution is -0.132. The maximum atomic E-state index is 12.9. The second kappa shape index (κ2) is 8.79. The van der Waals surface area contributed by atoms with Crippen LogP contribution in [0.15, 0.2) is 47.4 Å². The van der Waals surface area contributed by atoms with Gasteiger partial charge in [-0.2, -0.15) is 0 Å². The van der Waals surface area contributed by atoms with E-state index in [1.807, 2.05) is 11.0 Å².